The summed E-state index contributed by atoms with van der Waals surface area (Å²) in [6.45, 7) is 0. The number of carbonyl (C=O) groups is 2. The fourth-order valence-corrected chi connectivity index (χ4v) is 2.26. The Morgan fingerprint density at radius 3 is 2.61 bits per heavy atom. The highest BCUT2D eigenvalue weighted by atomic mass is 16.5. The number of hydrogen-bond acceptors (Lipinski definition) is 3. The average Bonchev–Trinajstić information content (AvgIpc) is 2.46. The van der Waals surface area contributed by atoms with Gasteiger partial charge in [0.2, 0.25) is 0 Å². The van der Waals surface area contributed by atoms with E-state index in [1.54, 1.807) is 12.1 Å². The number of esters is 1. The number of benzene rings is 1. The van der Waals surface area contributed by atoms with Crippen LogP contribution in [0.1, 0.15) is 23.2 Å². The van der Waals surface area contributed by atoms with Gasteiger partial charge in [0.05, 0.1) is 13.0 Å². The predicted octanol–water partition coefficient (Wildman–Crippen LogP) is 2.62. The molecule has 1 aromatic carbocycles. The first-order chi connectivity index (χ1) is 8.72. The molecule has 0 aliphatic heterocycles. The van der Waals surface area contributed by atoms with Crippen molar-refractivity contribution >= 4 is 11.8 Å². The van der Waals surface area contributed by atoms with Gasteiger partial charge in [-0.1, -0.05) is 42.5 Å². The number of carbonyl (C=O) groups excluding carboxylic acids is 2. The van der Waals surface area contributed by atoms with Crippen molar-refractivity contribution in [3.05, 3.63) is 48.0 Å². The molecule has 0 amide bonds. The maximum atomic E-state index is 12.3. The van der Waals surface area contributed by atoms with Crippen LogP contribution in [0.4, 0.5) is 0 Å². The zero-order valence-corrected chi connectivity index (χ0v) is 10.3. The van der Waals surface area contributed by atoms with Crippen molar-refractivity contribution in [2.45, 2.75) is 12.8 Å². The molecule has 3 nitrogen and oxygen atoms in total. The Morgan fingerprint density at radius 2 is 1.94 bits per heavy atom. The Morgan fingerprint density at radius 1 is 1.22 bits per heavy atom. The van der Waals surface area contributed by atoms with E-state index in [1.807, 2.05) is 30.4 Å². The van der Waals surface area contributed by atoms with Crippen LogP contribution in [0.15, 0.2) is 42.5 Å². The largest absolute Gasteiger partial charge is 0.469 e. The van der Waals surface area contributed by atoms with Crippen molar-refractivity contribution < 1.29 is 14.3 Å². The quantitative estimate of drug-likeness (QED) is 0.466. The van der Waals surface area contributed by atoms with Gasteiger partial charge in [-0.15, -0.1) is 0 Å². The lowest BCUT2D eigenvalue weighted by atomic mass is 9.82. The smallest absolute Gasteiger partial charge is 0.309 e. The van der Waals surface area contributed by atoms with Crippen LogP contribution in [0.3, 0.4) is 0 Å². The zero-order chi connectivity index (χ0) is 13.0. The number of methoxy groups -OCH3 is 1. The molecule has 3 heteroatoms. The van der Waals surface area contributed by atoms with Crippen molar-refractivity contribution in [1.29, 1.82) is 0 Å². The van der Waals surface area contributed by atoms with Gasteiger partial charge in [-0.2, -0.15) is 0 Å². The molecule has 0 bridgehead atoms. The highest BCUT2D eigenvalue weighted by molar-refractivity contribution is 5.99. The normalized spacial score (nSPS) is 22.5. The molecule has 18 heavy (non-hydrogen) atoms. The predicted molar refractivity (Wildman–Crippen MR) is 68.1 cm³/mol. The van der Waals surface area contributed by atoms with E-state index in [9.17, 15) is 9.59 Å². The summed E-state index contributed by atoms with van der Waals surface area (Å²) in [4.78, 5) is 23.8. The number of ketones is 1. The molecular formula is C15H16O3. The van der Waals surface area contributed by atoms with Crippen LogP contribution in [0.5, 0.6) is 0 Å². The molecule has 0 unspecified atom stereocenters. The summed E-state index contributed by atoms with van der Waals surface area (Å²) in [7, 11) is 1.38. The fourth-order valence-electron chi connectivity index (χ4n) is 2.26. The van der Waals surface area contributed by atoms with Gasteiger partial charge in [-0.3, -0.25) is 9.59 Å². The van der Waals surface area contributed by atoms with Gasteiger partial charge in [0.25, 0.3) is 0 Å². The van der Waals surface area contributed by atoms with Crippen LogP contribution in [0, 0.1) is 11.8 Å². The minimum Gasteiger partial charge on any atom is -0.469 e. The lowest BCUT2D eigenvalue weighted by Crippen LogP contribution is -2.25. The number of allylic oxidation sites excluding steroid dienone is 2. The van der Waals surface area contributed by atoms with Gasteiger partial charge in [-0.25, -0.2) is 0 Å². The summed E-state index contributed by atoms with van der Waals surface area (Å²) in [5.74, 6) is -0.575. The topological polar surface area (TPSA) is 43.4 Å². The molecule has 0 saturated heterocycles. The maximum Gasteiger partial charge on any atom is 0.309 e. The van der Waals surface area contributed by atoms with E-state index in [0.717, 1.165) is 0 Å². The molecule has 0 fully saturated rings. The van der Waals surface area contributed by atoms with Gasteiger partial charge in [0.15, 0.2) is 5.78 Å². The van der Waals surface area contributed by atoms with Gasteiger partial charge in [0.1, 0.15) is 0 Å². The number of hydrogen-bond donors (Lipinski definition) is 0. The van der Waals surface area contributed by atoms with Crippen molar-refractivity contribution in [2.75, 3.05) is 7.11 Å². The summed E-state index contributed by atoms with van der Waals surface area (Å²) in [6.07, 6.45) is 4.99. The molecule has 1 aromatic rings. The van der Waals surface area contributed by atoms with E-state index in [-0.39, 0.29) is 23.6 Å². The van der Waals surface area contributed by atoms with Crippen LogP contribution >= 0.6 is 0 Å². The summed E-state index contributed by atoms with van der Waals surface area (Å²) < 4.78 is 4.74. The van der Waals surface area contributed by atoms with E-state index < -0.39 is 0 Å². The van der Waals surface area contributed by atoms with E-state index in [2.05, 4.69) is 0 Å². The highest BCUT2D eigenvalue weighted by Gasteiger charge is 2.28. The molecule has 94 valence electrons. The minimum absolute atomic E-state index is 0.0699. The van der Waals surface area contributed by atoms with Gasteiger partial charge in [0, 0.05) is 11.5 Å². The second kappa shape index (κ2) is 5.63. The van der Waals surface area contributed by atoms with Crippen molar-refractivity contribution in [3.63, 3.8) is 0 Å². The second-order valence-corrected chi connectivity index (χ2v) is 4.46. The van der Waals surface area contributed by atoms with E-state index >= 15 is 0 Å². The molecule has 0 N–H and O–H groups in total. The first-order valence-electron chi connectivity index (χ1n) is 6.06. The highest BCUT2D eigenvalue weighted by Crippen LogP contribution is 2.27. The van der Waals surface area contributed by atoms with Crippen molar-refractivity contribution in [1.82, 2.24) is 0 Å². The fraction of sp³-hybridized carbons (Fsp3) is 0.333. The van der Waals surface area contributed by atoms with E-state index in [0.29, 0.717) is 18.4 Å². The van der Waals surface area contributed by atoms with Crippen LogP contribution in [-0.4, -0.2) is 18.9 Å². The number of rotatable bonds is 3. The Labute approximate surface area is 106 Å². The SMILES string of the molecule is COC(=O)[C@@H]1CC=C[C@H](C(=O)c2ccccc2)C1. The van der Waals surface area contributed by atoms with Gasteiger partial charge in [-0.05, 0) is 12.8 Å². The standard InChI is InChI=1S/C15H16O3/c1-18-15(17)13-9-5-8-12(10-13)14(16)11-6-3-2-4-7-11/h2-8,12-13H,9-10H2,1H3/t12-,13+/m0/s1. The Hall–Kier alpha value is -1.90. The molecule has 1 aliphatic rings. The van der Waals surface area contributed by atoms with Crippen molar-refractivity contribution in [3.8, 4) is 0 Å². The molecule has 0 aromatic heterocycles. The van der Waals surface area contributed by atoms with Crippen LogP contribution < -0.4 is 0 Å². The number of Topliss-reactive ketones (excluding diaryl/α,β-unsaturated/α-hetero) is 1. The Balaban J connectivity index is 2.10. The maximum absolute atomic E-state index is 12.3. The lowest BCUT2D eigenvalue weighted by Gasteiger charge is -2.21. The lowest BCUT2D eigenvalue weighted by molar-refractivity contribution is -0.145. The van der Waals surface area contributed by atoms with E-state index in [4.69, 9.17) is 4.74 Å². The molecule has 0 radical (unpaired) electrons. The Bertz CT molecular complexity index is 462. The van der Waals surface area contributed by atoms with Gasteiger partial charge >= 0.3 is 5.97 Å². The van der Waals surface area contributed by atoms with E-state index in [1.165, 1.54) is 7.11 Å². The molecule has 0 saturated carbocycles. The monoisotopic (exact) mass is 244 g/mol. The molecule has 0 spiro atoms. The molecule has 2 rings (SSSR count). The summed E-state index contributed by atoms with van der Waals surface area (Å²) in [5, 5.41) is 0. The van der Waals surface area contributed by atoms with Crippen LogP contribution in [0.25, 0.3) is 0 Å². The third kappa shape index (κ3) is 2.67. The first-order valence-corrected chi connectivity index (χ1v) is 6.06. The molecule has 0 heterocycles. The summed E-state index contributed by atoms with van der Waals surface area (Å²) >= 11 is 0. The minimum atomic E-state index is -0.231. The van der Waals surface area contributed by atoms with Crippen LogP contribution in [0.2, 0.25) is 0 Å². The molecule has 2 atom stereocenters. The molecule has 1 aliphatic carbocycles. The van der Waals surface area contributed by atoms with Crippen LogP contribution in [-0.2, 0) is 9.53 Å². The molecular weight excluding hydrogens is 228 g/mol. The zero-order valence-electron chi connectivity index (χ0n) is 10.3. The second-order valence-electron chi connectivity index (χ2n) is 4.46. The van der Waals surface area contributed by atoms with Crippen molar-refractivity contribution in [2.24, 2.45) is 11.8 Å². The first kappa shape index (κ1) is 12.6. The summed E-state index contributed by atoms with van der Waals surface area (Å²) in [5.41, 5.74) is 0.692. The average molecular weight is 244 g/mol. The third-order valence-corrected chi connectivity index (χ3v) is 3.26. The number of ether oxygens (including phenoxy) is 1. The summed E-state index contributed by atoms with van der Waals surface area (Å²) in [6, 6.07) is 9.18. The van der Waals surface area contributed by atoms with Gasteiger partial charge < -0.3 is 4.74 Å². The third-order valence-electron chi connectivity index (χ3n) is 3.26. The Kier molecular flexibility index (Phi) is 3.92.